The molecule has 0 aromatic heterocycles. The zero-order valence-corrected chi connectivity index (χ0v) is 21.5. The van der Waals surface area contributed by atoms with Crippen molar-refractivity contribution in [3.8, 4) is 11.5 Å². The van der Waals surface area contributed by atoms with Gasteiger partial charge in [0.1, 0.15) is 12.2 Å². The number of carbonyl (C=O) groups is 3. The van der Waals surface area contributed by atoms with Crippen molar-refractivity contribution >= 4 is 29.6 Å². The lowest BCUT2D eigenvalue weighted by atomic mass is 10.0. The summed E-state index contributed by atoms with van der Waals surface area (Å²) in [5.41, 5.74) is 5.08. The highest BCUT2D eigenvalue weighted by Crippen LogP contribution is 2.31. The number of benzene rings is 3. The minimum Gasteiger partial charge on any atom is -0.490 e. The first-order valence-electron chi connectivity index (χ1n) is 12.3. The molecule has 37 heavy (non-hydrogen) atoms. The number of ether oxygens (including phenoxy) is 2. The predicted molar refractivity (Wildman–Crippen MR) is 143 cm³/mol. The average Bonchev–Trinajstić information content (AvgIpc) is 2.86. The van der Waals surface area contributed by atoms with E-state index in [0.29, 0.717) is 42.4 Å². The van der Waals surface area contributed by atoms with Crippen LogP contribution >= 0.6 is 0 Å². The van der Waals surface area contributed by atoms with Gasteiger partial charge in [-0.3, -0.25) is 14.9 Å². The Labute approximate surface area is 216 Å². The maximum absolute atomic E-state index is 13.3. The summed E-state index contributed by atoms with van der Waals surface area (Å²) in [4.78, 5) is 39.6. The fraction of sp³-hybridized carbons (Fsp3) is 0.233. The summed E-state index contributed by atoms with van der Waals surface area (Å²) in [7, 11) is 0. The largest absolute Gasteiger partial charge is 0.490 e. The first kappa shape index (κ1) is 25.7. The summed E-state index contributed by atoms with van der Waals surface area (Å²) in [5, 5.41) is 2.28. The van der Waals surface area contributed by atoms with E-state index in [0.717, 1.165) is 27.2 Å². The van der Waals surface area contributed by atoms with Crippen molar-refractivity contribution in [1.82, 2.24) is 5.32 Å². The van der Waals surface area contributed by atoms with Gasteiger partial charge in [0.25, 0.3) is 11.8 Å². The molecule has 0 spiro atoms. The first-order chi connectivity index (χ1) is 17.8. The molecule has 1 heterocycles. The average molecular weight is 499 g/mol. The number of aryl methyl sites for hydroxylation is 3. The lowest BCUT2D eigenvalue weighted by Crippen LogP contribution is -2.54. The van der Waals surface area contributed by atoms with E-state index in [9.17, 15) is 14.4 Å². The highest BCUT2D eigenvalue weighted by atomic mass is 16.5. The van der Waals surface area contributed by atoms with Crippen LogP contribution in [0.5, 0.6) is 11.5 Å². The number of hydrogen-bond acceptors (Lipinski definition) is 5. The van der Waals surface area contributed by atoms with Crippen LogP contribution in [0.3, 0.4) is 0 Å². The Kier molecular flexibility index (Phi) is 7.72. The van der Waals surface area contributed by atoms with Crippen LogP contribution in [0.25, 0.3) is 6.08 Å². The van der Waals surface area contributed by atoms with E-state index in [1.54, 1.807) is 30.3 Å². The van der Waals surface area contributed by atoms with E-state index in [1.807, 2.05) is 39.8 Å². The maximum atomic E-state index is 13.3. The van der Waals surface area contributed by atoms with Gasteiger partial charge in [0, 0.05) is 0 Å². The van der Waals surface area contributed by atoms with Crippen molar-refractivity contribution in [2.45, 2.75) is 40.7 Å². The number of anilines is 1. The minimum absolute atomic E-state index is 0.142. The van der Waals surface area contributed by atoms with Crippen LogP contribution in [-0.2, 0) is 22.6 Å². The van der Waals surface area contributed by atoms with Crippen molar-refractivity contribution < 1.29 is 23.9 Å². The van der Waals surface area contributed by atoms with Gasteiger partial charge < -0.3 is 9.47 Å². The number of para-hydroxylation sites is 1. The number of urea groups is 1. The Morgan fingerprint density at radius 2 is 1.59 bits per heavy atom. The molecule has 0 aliphatic carbocycles. The standard InChI is InChI=1S/C30H30N2O5/c1-5-23-9-7-8-10-25(23)32-29(34)24(28(33)31-30(32)35)16-21-11-12-26(27(17-21)36-6-2)37-18-22-14-19(3)13-20(4)15-22/h7-17H,5-6,18H2,1-4H3,(H,31,33,35)/b24-16-. The molecular formula is C30H30N2O5. The van der Waals surface area contributed by atoms with Gasteiger partial charge in [-0.25, -0.2) is 9.69 Å². The number of hydrogen-bond donors (Lipinski definition) is 1. The molecule has 1 saturated heterocycles. The highest BCUT2D eigenvalue weighted by molar-refractivity contribution is 6.39. The number of imide groups is 2. The van der Waals surface area contributed by atoms with Crippen LogP contribution < -0.4 is 19.7 Å². The molecule has 0 unspecified atom stereocenters. The normalized spacial score (nSPS) is 14.6. The number of barbiturate groups is 1. The summed E-state index contributed by atoms with van der Waals surface area (Å²) in [6.45, 7) is 8.68. The number of nitrogens with zero attached hydrogens (tertiary/aromatic N) is 1. The van der Waals surface area contributed by atoms with E-state index in [-0.39, 0.29) is 5.57 Å². The molecule has 1 fully saturated rings. The second-order valence-corrected chi connectivity index (χ2v) is 8.86. The zero-order valence-electron chi connectivity index (χ0n) is 21.5. The Morgan fingerprint density at radius 3 is 2.30 bits per heavy atom. The molecule has 1 aliphatic rings. The van der Waals surface area contributed by atoms with Gasteiger partial charge in [0.2, 0.25) is 0 Å². The molecule has 1 aliphatic heterocycles. The molecular weight excluding hydrogens is 468 g/mol. The van der Waals surface area contributed by atoms with E-state index in [4.69, 9.17) is 9.47 Å². The van der Waals surface area contributed by atoms with E-state index in [1.165, 1.54) is 6.08 Å². The molecule has 4 rings (SSSR count). The van der Waals surface area contributed by atoms with Gasteiger partial charge >= 0.3 is 6.03 Å². The van der Waals surface area contributed by atoms with Gasteiger partial charge in [-0.05, 0) is 68.2 Å². The SMILES string of the molecule is CCOc1cc(/C=C2/C(=O)NC(=O)N(c3ccccc3CC)C2=O)ccc1OCc1cc(C)cc(C)c1. The van der Waals surface area contributed by atoms with Crippen molar-refractivity contribution in [2.24, 2.45) is 0 Å². The molecule has 7 nitrogen and oxygen atoms in total. The van der Waals surface area contributed by atoms with Gasteiger partial charge in [-0.15, -0.1) is 0 Å². The summed E-state index contributed by atoms with van der Waals surface area (Å²) in [5.74, 6) is -0.374. The third kappa shape index (κ3) is 5.72. The Hall–Kier alpha value is -4.39. The first-order valence-corrected chi connectivity index (χ1v) is 12.3. The maximum Gasteiger partial charge on any atom is 0.335 e. The Balaban J connectivity index is 1.63. The lowest BCUT2D eigenvalue weighted by Gasteiger charge is -2.28. The predicted octanol–water partition coefficient (Wildman–Crippen LogP) is 5.51. The number of nitrogens with one attached hydrogen (secondary N) is 1. The molecule has 7 heteroatoms. The number of amides is 4. The van der Waals surface area contributed by atoms with E-state index < -0.39 is 17.8 Å². The minimum atomic E-state index is -0.766. The lowest BCUT2D eigenvalue weighted by molar-refractivity contribution is -0.122. The van der Waals surface area contributed by atoms with Crippen LogP contribution in [0.15, 0.2) is 66.2 Å². The second kappa shape index (κ2) is 11.1. The van der Waals surface area contributed by atoms with Crippen LogP contribution in [-0.4, -0.2) is 24.5 Å². The molecule has 0 bridgehead atoms. The van der Waals surface area contributed by atoms with Crippen molar-refractivity contribution in [3.05, 3.63) is 94.1 Å². The van der Waals surface area contributed by atoms with Gasteiger partial charge in [0.05, 0.1) is 12.3 Å². The second-order valence-electron chi connectivity index (χ2n) is 8.86. The number of rotatable bonds is 8. The molecule has 190 valence electrons. The fourth-order valence-electron chi connectivity index (χ4n) is 4.39. The van der Waals surface area contributed by atoms with E-state index in [2.05, 4.69) is 23.5 Å². The third-order valence-electron chi connectivity index (χ3n) is 5.97. The van der Waals surface area contributed by atoms with Crippen LogP contribution in [0.1, 0.15) is 41.7 Å². The molecule has 3 aromatic rings. The summed E-state index contributed by atoms with van der Waals surface area (Å²) < 4.78 is 11.8. The smallest absolute Gasteiger partial charge is 0.335 e. The Bertz CT molecular complexity index is 1370. The van der Waals surface area contributed by atoms with E-state index >= 15 is 0 Å². The van der Waals surface area contributed by atoms with Gasteiger partial charge in [0.15, 0.2) is 11.5 Å². The molecule has 0 radical (unpaired) electrons. The van der Waals surface area contributed by atoms with Gasteiger partial charge in [-0.2, -0.15) is 0 Å². The van der Waals surface area contributed by atoms with Crippen molar-refractivity contribution in [2.75, 3.05) is 11.5 Å². The molecule has 3 aromatic carbocycles. The van der Waals surface area contributed by atoms with Crippen molar-refractivity contribution in [1.29, 1.82) is 0 Å². The molecule has 0 atom stereocenters. The van der Waals surface area contributed by atoms with Crippen LogP contribution in [0.2, 0.25) is 0 Å². The summed E-state index contributed by atoms with van der Waals surface area (Å²) in [6, 6.07) is 17.8. The molecule has 1 N–H and O–H groups in total. The fourth-order valence-corrected chi connectivity index (χ4v) is 4.39. The quantitative estimate of drug-likeness (QED) is 0.327. The van der Waals surface area contributed by atoms with Gasteiger partial charge in [-0.1, -0.05) is 60.5 Å². The van der Waals surface area contributed by atoms with Crippen molar-refractivity contribution in [3.63, 3.8) is 0 Å². The van der Waals surface area contributed by atoms with Crippen LogP contribution in [0.4, 0.5) is 10.5 Å². The number of carbonyl (C=O) groups excluding carboxylic acids is 3. The Morgan fingerprint density at radius 1 is 0.865 bits per heavy atom. The molecule has 4 amide bonds. The highest BCUT2D eigenvalue weighted by Gasteiger charge is 2.37. The monoisotopic (exact) mass is 498 g/mol. The summed E-state index contributed by atoms with van der Waals surface area (Å²) in [6.07, 6.45) is 2.09. The zero-order chi connectivity index (χ0) is 26.5. The summed E-state index contributed by atoms with van der Waals surface area (Å²) >= 11 is 0. The topological polar surface area (TPSA) is 84.9 Å². The molecule has 0 saturated carbocycles. The third-order valence-corrected chi connectivity index (χ3v) is 5.97. The van der Waals surface area contributed by atoms with Crippen LogP contribution in [0, 0.1) is 13.8 Å².